The smallest absolute Gasteiger partial charge is 0.242 e. The molecule has 1 aromatic carbocycles. The molecule has 2 atom stereocenters. The van der Waals surface area contributed by atoms with Crippen LogP contribution in [0.1, 0.15) is 12.0 Å². The highest BCUT2D eigenvalue weighted by Gasteiger charge is 2.37. The van der Waals surface area contributed by atoms with E-state index in [1.165, 1.54) is 11.8 Å². The molecule has 2 amide bonds. The van der Waals surface area contributed by atoms with Crippen molar-refractivity contribution in [2.24, 2.45) is 5.73 Å². The van der Waals surface area contributed by atoms with Crippen molar-refractivity contribution in [3.63, 3.8) is 0 Å². The summed E-state index contributed by atoms with van der Waals surface area (Å²) in [6.45, 7) is 0.434. The number of hydrogen-bond acceptors (Lipinski definition) is 4. The summed E-state index contributed by atoms with van der Waals surface area (Å²) in [5.74, 6) is 0.762. The van der Waals surface area contributed by atoms with Crippen molar-refractivity contribution < 1.29 is 9.59 Å². The van der Waals surface area contributed by atoms with E-state index in [4.69, 9.17) is 17.3 Å². The third kappa shape index (κ3) is 4.15. The molecule has 0 aromatic heterocycles. The van der Waals surface area contributed by atoms with E-state index in [-0.39, 0.29) is 17.9 Å². The standard InChI is InChI=1S/C15H20ClN3O2S/c1-18-15(21)13-6-11(17)7-19(13)14(20)9-22-8-10-4-2-3-5-12(10)16/h2-5,11,13H,6-9,17H2,1H3,(H,18,21)/t11-,13+/m1/s1. The number of likely N-dealkylation sites (tertiary alicyclic amines) is 1. The summed E-state index contributed by atoms with van der Waals surface area (Å²) in [7, 11) is 1.57. The molecular weight excluding hydrogens is 322 g/mol. The number of rotatable bonds is 5. The first-order valence-electron chi connectivity index (χ1n) is 7.10. The highest BCUT2D eigenvalue weighted by Crippen LogP contribution is 2.23. The average molecular weight is 342 g/mol. The van der Waals surface area contributed by atoms with Crippen LogP contribution in [0.25, 0.3) is 0 Å². The Bertz CT molecular complexity index is 555. The second-order valence-corrected chi connectivity index (χ2v) is 6.65. The number of carbonyl (C=O) groups is 2. The molecule has 0 unspecified atom stereocenters. The Labute approximate surface area is 139 Å². The summed E-state index contributed by atoms with van der Waals surface area (Å²) < 4.78 is 0. The maximum atomic E-state index is 12.3. The molecule has 0 spiro atoms. The molecule has 0 bridgehead atoms. The monoisotopic (exact) mass is 341 g/mol. The Balaban J connectivity index is 1.89. The molecule has 2 rings (SSSR count). The van der Waals surface area contributed by atoms with Crippen LogP contribution in [0.4, 0.5) is 0 Å². The van der Waals surface area contributed by atoms with E-state index < -0.39 is 6.04 Å². The van der Waals surface area contributed by atoms with Gasteiger partial charge in [0.15, 0.2) is 0 Å². The highest BCUT2D eigenvalue weighted by molar-refractivity contribution is 7.99. The summed E-state index contributed by atoms with van der Waals surface area (Å²) in [5.41, 5.74) is 6.89. The summed E-state index contributed by atoms with van der Waals surface area (Å²) >= 11 is 7.58. The number of likely N-dealkylation sites (N-methyl/N-ethyl adjacent to an activating group) is 1. The lowest BCUT2D eigenvalue weighted by Gasteiger charge is -2.23. The van der Waals surface area contributed by atoms with Crippen molar-refractivity contribution in [2.75, 3.05) is 19.3 Å². The van der Waals surface area contributed by atoms with Crippen LogP contribution < -0.4 is 11.1 Å². The van der Waals surface area contributed by atoms with Crippen LogP contribution in [0, 0.1) is 0 Å². The Morgan fingerprint density at radius 3 is 2.86 bits per heavy atom. The Hall–Kier alpha value is -1.24. The van der Waals surface area contributed by atoms with Gasteiger partial charge in [0.1, 0.15) is 6.04 Å². The summed E-state index contributed by atoms with van der Waals surface area (Å²) in [6.07, 6.45) is 0.514. The lowest BCUT2D eigenvalue weighted by Crippen LogP contribution is -2.45. The molecule has 120 valence electrons. The van der Waals surface area contributed by atoms with Gasteiger partial charge in [0.25, 0.3) is 0 Å². The van der Waals surface area contributed by atoms with Gasteiger partial charge in [0.2, 0.25) is 11.8 Å². The lowest BCUT2D eigenvalue weighted by atomic mass is 10.1. The number of benzene rings is 1. The van der Waals surface area contributed by atoms with E-state index in [0.717, 1.165) is 5.56 Å². The molecule has 5 nitrogen and oxygen atoms in total. The summed E-state index contributed by atoms with van der Waals surface area (Å²) in [6, 6.07) is 6.99. The Morgan fingerprint density at radius 1 is 1.45 bits per heavy atom. The molecule has 7 heteroatoms. The van der Waals surface area contributed by atoms with Crippen molar-refractivity contribution in [2.45, 2.75) is 24.3 Å². The van der Waals surface area contributed by atoms with Crippen LogP contribution in [0.15, 0.2) is 24.3 Å². The van der Waals surface area contributed by atoms with Crippen LogP contribution in [-0.2, 0) is 15.3 Å². The zero-order valence-corrected chi connectivity index (χ0v) is 14.0. The van der Waals surface area contributed by atoms with Crippen molar-refractivity contribution >= 4 is 35.2 Å². The first-order valence-corrected chi connectivity index (χ1v) is 8.64. The fraction of sp³-hybridized carbons (Fsp3) is 0.467. The van der Waals surface area contributed by atoms with Gasteiger partial charge >= 0.3 is 0 Å². The van der Waals surface area contributed by atoms with Gasteiger partial charge in [0.05, 0.1) is 5.75 Å². The largest absolute Gasteiger partial charge is 0.357 e. The minimum atomic E-state index is -0.451. The van der Waals surface area contributed by atoms with Crippen LogP contribution in [0.2, 0.25) is 5.02 Å². The van der Waals surface area contributed by atoms with Crippen molar-refractivity contribution in [3.8, 4) is 0 Å². The van der Waals surface area contributed by atoms with E-state index >= 15 is 0 Å². The van der Waals surface area contributed by atoms with Gasteiger partial charge in [-0.15, -0.1) is 11.8 Å². The maximum Gasteiger partial charge on any atom is 0.242 e. The van der Waals surface area contributed by atoms with Crippen LogP contribution >= 0.6 is 23.4 Å². The highest BCUT2D eigenvalue weighted by atomic mass is 35.5. The fourth-order valence-electron chi connectivity index (χ4n) is 2.51. The number of halogens is 1. The molecule has 0 radical (unpaired) electrons. The maximum absolute atomic E-state index is 12.3. The van der Waals surface area contributed by atoms with Crippen molar-refractivity contribution in [1.29, 1.82) is 0 Å². The predicted octanol–water partition coefficient (Wildman–Crippen LogP) is 1.25. The molecule has 1 aliphatic heterocycles. The van der Waals surface area contributed by atoms with Gasteiger partial charge in [-0.1, -0.05) is 29.8 Å². The molecule has 1 saturated heterocycles. The van der Waals surface area contributed by atoms with Crippen molar-refractivity contribution in [3.05, 3.63) is 34.9 Å². The first kappa shape index (κ1) is 17.1. The molecular formula is C15H20ClN3O2S. The molecule has 3 N–H and O–H groups in total. The number of nitrogens with two attached hydrogens (primary N) is 1. The number of thioether (sulfide) groups is 1. The van der Waals surface area contributed by atoms with Gasteiger partial charge in [-0.25, -0.2) is 0 Å². The zero-order valence-electron chi connectivity index (χ0n) is 12.4. The normalized spacial score (nSPS) is 21.0. The third-order valence-electron chi connectivity index (χ3n) is 3.64. The molecule has 1 fully saturated rings. The lowest BCUT2D eigenvalue weighted by molar-refractivity contribution is -0.136. The minimum absolute atomic E-state index is 0.0568. The Kier molecular flexibility index (Phi) is 6.11. The number of hydrogen-bond donors (Lipinski definition) is 2. The van der Waals surface area contributed by atoms with Crippen LogP contribution in [-0.4, -0.2) is 48.1 Å². The number of nitrogens with one attached hydrogen (secondary N) is 1. The quantitative estimate of drug-likeness (QED) is 0.845. The second-order valence-electron chi connectivity index (χ2n) is 5.26. The first-order chi connectivity index (χ1) is 10.5. The topological polar surface area (TPSA) is 75.4 Å². The summed E-state index contributed by atoms with van der Waals surface area (Å²) in [4.78, 5) is 25.7. The van der Waals surface area contributed by atoms with Gasteiger partial charge in [-0.05, 0) is 18.1 Å². The van der Waals surface area contributed by atoms with E-state index in [9.17, 15) is 9.59 Å². The van der Waals surface area contributed by atoms with Gasteiger partial charge in [-0.3, -0.25) is 9.59 Å². The number of carbonyl (C=O) groups excluding carboxylic acids is 2. The van der Waals surface area contributed by atoms with Gasteiger partial charge in [0, 0.05) is 30.4 Å². The summed E-state index contributed by atoms with van der Waals surface area (Å²) in [5, 5.41) is 3.29. The molecule has 22 heavy (non-hydrogen) atoms. The second kappa shape index (κ2) is 7.85. The SMILES string of the molecule is CNC(=O)[C@@H]1C[C@@H](N)CN1C(=O)CSCc1ccccc1Cl. The Morgan fingerprint density at radius 2 is 2.18 bits per heavy atom. The molecule has 0 aliphatic carbocycles. The van der Waals surface area contributed by atoms with E-state index in [1.54, 1.807) is 11.9 Å². The number of nitrogens with zero attached hydrogens (tertiary/aromatic N) is 1. The van der Waals surface area contributed by atoms with Gasteiger partial charge in [-0.2, -0.15) is 0 Å². The molecule has 1 aromatic rings. The fourth-order valence-corrected chi connectivity index (χ4v) is 3.70. The molecule has 1 heterocycles. The van der Waals surface area contributed by atoms with E-state index in [0.29, 0.717) is 29.5 Å². The molecule has 1 aliphatic rings. The number of amides is 2. The van der Waals surface area contributed by atoms with Crippen LogP contribution in [0.5, 0.6) is 0 Å². The minimum Gasteiger partial charge on any atom is -0.357 e. The van der Waals surface area contributed by atoms with E-state index in [2.05, 4.69) is 5.32 Å². The third-order valence-corrected chi connectivity index (χ3v) is 4.98. The van der Waals surface area contributed by atoms with Crippen molar-refractivity contribution in [1.82, 2.24) is 10.2 Å². The van der Waals surface area contributed by atoms with Gasteiger partial charge < -0.3 is 16.0 Å². The molecule has 0 saturated carbocycles. The zero-order chi connectivity index (χ0) is 16.1. The predicted molar refractivity (Wildman–Crippen MR) is 89.8 cm³/mol. The van der Waals surface area contributed by atoms with E-state index in [1.807, 2.05) is 24.3 Å². The van der Waals surface area contributed by atoms with Crippen LogP contribution in [0.3, 0.4) is 0 Å². The average Bonchev–Trinajstić information content (AvgIpc) is 2.90.